The SMILES string of the molecule is Cn1nccc1-c1ccnc2c1CN(CCc1ccc3ccccc3n1)C2=O. The third kappa shape index (κ3) is 2.74. The molecule has 0 radical (unpaired) electrons. The number of carbonyl (C=O) groups excluding carboxylic acids is 1. The van der Waals surface area contributed by atoms with E-state index in [-0.39, 0.29) is 5.91 Å². The van der Waals surface area contributed by atoms with Gasteiger partial charge in [-0.15, -0.1) is 0 Å². The Balaban J connectivity index is 1.38. The molecule has 3 aromatic heterocycles. The minimum absolute atomic E-state index is 0.0141. The van der Waals surface area contributed by atoms with Gasteiger partial charge in [-0.05, 0) is 24.3 Å². The summed E-state index contributed by atoms with van der Waals surface area (Å²) >= 11 is 0. The Morgan fingerprint density at radius 3 is 2.79 bits per heavy atom. The second kappa shape index (κ2) is 6.56. The van der Waals surface area contributed by atoms with Crippen LogP contribution in [0.3, 0.4) is 0 Å². The highest BCUT2D eigenvalue weighted by Gasteiger charge is 2.31. The first-order valence-corrected chi connectivity index (χ1v) is 9.31. The average Bonchev–Trinajstić information content (AvgIpc) is 3.29. The van der Waals surface area contributed by atoms with Crippen LogP contribution in [-0.4, -0.2) is 37.1 Å². The second-order valence-corrected chi connectivity index (χ2v) is 7.00. The van der Waals surface area contributed by atoms with E-state index in [4.69, 9.17) is 4.98 Å². The Labute approximate surface area is 162 Å². The number of nitrogens with zero attached hydrogens (tertiary/aromatic N) is 5. The van der Waals surface area contributed by atoms with Crippen LogP contribution in [0.5, 0.6) is 0 Å². The van der Waals surface area contributed by atoms with Crippen LogP contribution in [-0.2, 0) is 20.0 Å². The van der Waals surface area contributed by atoms with Crippen molar-refractivity contribution in [3.8, 4) is 11.3 Å². The molecule has 0 bridgehead atoms. The predicted octanol–water partition coefficient (Wildman–Crippen LogP) is 3.23. The molecule has 0 saturated heterocycles. The second-order valence-electron chi connectivity index (χ2n) is 7.00. The van der Waals surface area contributed by atoms with Crippen LogP contribution in [0.4, 0.5) is 0 Å². The third-order valence-electron chi connectivity index (χ3n) is 5.29. The molecule has 6 heteroatoms. The van der Waals surface area contributed by atoms with E-state index in [2.05, 4.69) is 22.2 Å². The molecule has 138 valence electrons. The first-order valence-electron chi connectivity index (χ1n) is 9.31. The Bertz CT molecular complexity index is 1200. The van der Waals surface area contributed by atoms with Crippen molar-refractivity contribution in [3.63, 3.8) is 0 Å². The van der Waals surface area contributed by atoms with Crippen LogP contribution in [0.25, 0.3) is 22.2 Å². The van der Waals surface area contributed by atoms with Gasteiger partial charge in [0.25, 0.3) is 5.91 Å². The zero-order valence-electron chi connectivity index (χ0n) is 15.5. The summed E-state index contributed by atoms with van der Waals surface area (Å²) in [6.45, 7) is 1.18. The summed E-state index contributed by atoms with van der Waals surface area (Å²) in [6, 6.07) is 16.1. The van der Waals surface area contributed by atoms with Gasteiger partial charge in [0.1, 0.15) is 5.69 Å². The van der Waals surface area contributed by atoms with E-state index in [9.17, 15) is 4.79 Å². The van der Waals surface area contributed by atoms with Crippen molar-refractivity contribution in [1.29, 1.82) is 0 Å². The monoisotopic (exact) mass is 369 g/mol. The molecule has 0 fully saturated rings. The number of aromatic nitrogens is 4. The predicted molar refractivity (Wildman–Crippen MR) is 107 cm³/mol. The summed E-state index contributed by atoms with van der Waals surface area (Å²) in [7, 11) is 1.90. The van der Waals surface area contributed by atoms with Gasteiger partial charge in [0.05, 0.1) is 11.2 Å². The molecule has 0 aliphatic carbocycles. The minimum atomic E-state index is -0.0141. The fourth-order valence-electron chi connectivity index (χ4n) is 3.80. The van der Waals surface area contributed by atoms with Crippen LogP contribution in [0.2, 0.25) is 0 Å². The van der Waals surface area contributed by atoms with Gasteiger partial charge in [-0.3, -0.25) is 19.4 Å². The molecule has 0 unspecified atom stereocenters. The van der Waals surface area contributed by atoms with Gasteiger partial charge in [0.15, 0.2) is 0 Å². The topological polar surface area (TPSA) is 63.9 Å². The van der Waals surface area contributed by atoms with Gasteiger partial charge in [0, 0.05) is 61.2 Å². The Morgan fingerprint density at radius 2 is 1.93 bits per heavy atom. The number of para-hydroxylation sites is 1. The number of pyridine rings is 2. The lowest BCUT2D eigenvalue weighted by atomic mass is 10.1. The summed E-state index contributed by atoms with van der Waals surface area (Å²) in [6.07, 6.45) is 4.18. The van der Waals surface area contributed by atoms with Gasteiger partial charge in [0.2, 0.25) is 0 Å². The van der Waals surface area contributed by atoms with Crippen LogP contribution < -0.4 is 0 Å². The number of rotatable bonds is 4. The summed E-state index contributed by atoms with van der Waals surface area (Å²) < 4.78 is 1.82. The lowest BCUT2D eigenvalue weighted by Gasteiger charge is -2.15. The van der Waals surface area contributed by atoms with E-state index in [1.54, 1.807) is 12.4 Å². The Morgan fingerprint density at radius 1 is 1.04 bits per heavy atom. The van der Waals surface area contributed by atoms with Crippen molar-refractivity contribution >= 4 is 16.8 Å². The molecule has 1 aliphatic heterocycles. The lowest BCUT2D eigenvalue weighted by Crippen LogP contribution is -2.26. The average molecular weight is 369 g/mol. The maximum Gasteiger partial charge on any atom is 0.273 e. The minimum Gasteiger partial charge on any atom is -0.332 e. The molecule has 1 amide bonds. The standard InChI is InChI=1S/C22H19N5O/c1-26-20(9-12-24-26)17-8-11-23-21-18(17)14-27(22(21)28)13-10-16-7-6-15-4-2-3-5-19(15)25-16/h2-9,11-12H,10,13-14H2,1H3. The Kier molecular flexibility index (Phi) is 3.90. The molecule has 1 aromatic carbocycles. The summed E-state index contributed by atoms with van der Waals surface area (Å²) in [5.74, 6) is -0.0141. The van der Waals surface area contributed by atoms with Gasteiger partial charge in [-0.1, -0.05) is 24.3 Å². The van der Waals surface area contributed by atoms with Gasteiger partial charge < -0.3 is 4.90 Å². The van der Waals surface area contributed by atoms with Gasteiger partial charge >= 0.3 is 0 Å². The molecular formula is C22H19N5O. The molecule has 1 aliphatic rings. The maximum absolute atomic E-state index is 12.9. The fraction of sp³-hybridized carbons (Fsp3) is 0.182. The molecule has 4 aromatic rings. The number of hydrogen-bond acceptors (Lipinski definition) is 4. The van der Waals surface area contributed by atoms with E-state index >= 15 is 0 Å². The molecule has 28 heavy (non-hydrogen) atoms. The quantitative estimate of drug-likeness (QED) is 0.554. The van der Waals surface area contributed by atoms with Crippen LogP contribution in [0.1, 0.15) is 21.7 Å². The van der Waals surface area contributed by atoms with E-state index in [0.717, 1.165) is 33.4 Å². The number of benzene rings is 1. The van der Waals surface area contributed by atoms with Crippen molar-refractivity contribution in [2.75, 3.05) is 6.54 Å². The first kappa shape index (κ1) is 16.6. The normalized spacial score (nSPS) is 13.3. The van der Waals surface area contributed by atoms with Crippen molar-refractivity contribution in [1.82, 2.24) is 24.6 Å². The van der Waals surface area contributed by atoms with Crippen LogP contribution >= 0.6 is 0 Å². The highest BCUT2D eigenvalue weighted by atomic mass is 16.2. The number of carbonyl (C=O) groups is 1. The maximum atomic E-state index is 12.9. The van der Waals surface area contributed by atoms with Crippen molar-refractivity contribution in [3.05, 3.63) is 77.9 Å². The van der Waals surface area contributed by atoms with Crippen molar-refractivity contribution in [2.45, 2.75) is 13.0 Å². The Hall–Kier alpha value is -3.54. The number of fused-ring (bicyclic) bond motifs is 2. The van der Waals surface area contributed by atoms with Crippen LogP contribution in [0, 0.1) is 0 Å². The molecular weight excluding hydrogens is 350 g/mol. The molecule has 0 atom stereocenters. The van der Waals surface area contributed by atoms with Gasteiger partial charge in [-0.2, -0.15) is 5.10 Å². The molecule has 0 spiro atoms. The smallest absolute Gasteiger partial charge is 0.273 e. The lowest BCUT2D eigenvalue weighted by molar-refractivity contribution is 0.0776. The zero-order chi connectivity index (χ0) is 19.1. The zero-order valence-corrected chi connectivity index (χ0v) is 15.5. The molecule has 0 saturated carbocycles. The van der Waals surface area contributed by atoms with Crippen molar-refractivity contribution in [2.24, 2.45) is 7.05 Å². The third-order valence-corrected chi connectivity index (χ3v) is 5.29. The highest BCUT2D eigenvalue weighted by Crippen LogP contribution is 2.31. The van der Waals surface area contributed by atoms with Crippen LogP contribution in [0.15, 0.2) is 60.9 Å². The van der Waals surface area contributed by atoms with E-state index < -0.39 is 0 Å². The highest BCUT2D eigenvalue weighted by molar-refractivity contribution is 5.98. The van der Waals surface area contributed by atoms with E-state index in [0.29, 0.717) is 25.2 Å². The molecule has 0 N–H and O–H groups in total. The van der Waals surface area contributed by atoms with Gasteiger partial charge in [-0.25, -0.2) is 0 Å². The summed E-state index contributed by atoms with van der Waals surface area (Å²) in [4.78, 5) is 23.8. The number of amides is 1. The number of aryl methyl sites for hydroxylation is 1. The van der Waals surface area contributed by atoms with E-state index in [1.165, 1.54) is 0 Å². The largest absolute Gasteiger partial charge is 0.332 e. The number of hydrogen-bond donors (Lipinski definition) is 0. The fourth-order valence-corrected chi connectivity index (χ4v) is 3.80. The van der Waals surface area contributed by atoms with Crippen molar-refractivity contribution < 1.29 is 4.79 Å². The summed E-state index contributed by atoms with van der Waals surface area (Å²) in [5.41, 5.74) is 5.50. The molecule has 4 heterocycles. The first-order chi connectivity index (χ1) is 13.7. The molecule has 6 nitrogen and oxygen atoms in total. The van der Waals surface area contributed by atoms with E-state index in [1.807, 2.05) is 53.0 Å². The molecule has 5 rings (SSSR count). The summed E-state index contributed by atoms with van der Waals surface area (Å²) in [5, 5.41) is 5.37.